The van der Waals surface area contributed by atoms with Crippen molar-refractivity contribution in [2.45, 2.75) is 32.0 Å². The second kappa shape index (κ2) is 6.97. The van der Waals surface area contributed by atoms with Gasteiger partial charge >= 0.3 is 0 Å². The highest BCUT2D eigenvalue weighted by molar-refractivity contribution is 5.92. The van der Waals surface area contributed by atoms with Crippen LogP contribution < -0.4 is 5.32 Å². The van der Waals surface area contributed by atoms with Gasteiger partial charge in [0.15, 0.2) is 5.69 Å². The van der Waals surface area contributed by atoms with Crippen molar-refractivity contribution in [2.75, 3.05) is 26.2 Å². The van der Waals surface area contributed by atoms with Gasteiger partial charge in [-0.3, -0.25) is 9.69 Å². The largest absolute Gasteiger partial charge is 0.447 e. The van der Waals surface area contributed by atoms with Gasteiger partial charge in [-0.2, -0.15) is 0 Å². The van der Waals surface area contributed by atoms with E-state index in [1.807, 2.05) is 29.0 Å². The van der Waals surface area contributed by atoms with Crippen LogP contribution in [0.1, 0.15) is 34.9 Å². The third kappa shape index (κ3) is 3.91. The van der Waals surface area contributed by atoms with Gasteiger partial charge in [-0.1, -0.05) is 0 Å². The average molecular weight is 344 g/mol. The van der Waals surface area contributed by atoms with E-state index >= 15 is 0 Å². The summed E-state index contributed by atoms with van der Waals surface area (Å²) in [6.07, 6.45) is 7.62. The third-order valence-electron chi connectivity index (χ3n) is 4.85. The van der Waals surface area contributed by atoms with Gasteiger partial charge in [0.25, 0.3) is 5.91 Å². The molecule has 1 saturated carbocycles. The topological polar surface area (TPSA) is 79.4 Å². The van der Waals surface area contributed by atoms with Crippen LogP contribution in [-0.4, -0.2) is 62.5 Å². The lowest BCUT2D eigenvalue weighted by Gasteiger charge is -2.34. The molecule has 8 heteroatoms. The number of amides is 1. The molecular formula is C17H24N6O2. The van der Waals surface area contributed by atoms with Gasteiger partial charge in [0.05, 0.1) is 18.6 Å². The molecule has 2 aromatic rings. The number of piperazine rings is 1. The van der Waals surface area contributed by atoms with Crippen molar-refractivity contribution in [3.63, 3.8) is 0 Å². The van der Waals surface area contributed by atoms with Crippen LogP contribution in [0.5, 0.6) is 0 Å². The standard InChI is InChI=1S/C17H24N6O2/c1-21-12-18-8-14(21)10-22-4-6-23(7-5-22)17(24)15-11-25-16(20-15)9-19-13-2-3-13/h8,11-13,19H,2-7,9-10H2,1H3. The van der Waals surface area contributed by atoms with Crippen molar-refractivity contribution < 1.29 is 9.21 Å². The molecule has 1 N–H and O–H groups in total. The molecule has 0 spiro atoms. The Hall–Kier alpha value is -2.19. The Kier molecular flexibility index (Phi) is 4.54. The minimum atomic E-state index is -0.0402. The minimum Gasteiger partial charge on any atom is -0.447 e. The summed E-state index contributed by atoms with van der Waals surface area (Å²) in [6.45, 7) is 4.57. The van der Waals surface area contributed by atoms with Gasteiger partial charge in [-0.25, -0.2) is 9.97 Å². The second-order valence-corrected chi connectivity index (χ2v) is 6.85. The Bertz CT molecular complexity index is 727. The van der Waals surface area contributed by atoms with Crippen LogP contribution >= 0.6 is 0 Å². The second-order valence-electron chi connectivity index (χ2n) is 6.85. The summed E-state index contributed by atoms with van der Waals surface area (Å²) in [5, 5.41) is 3.34. The maximum atomic E-state index is 12.6. The number of hydrogen-bond donors (Lipinski definition) is 1. The molecule has 2 aliphatic rings. The van der Waals surface area contributed by atoms with E-state index in [1.54, 1.807) is 0 Å². The SMILES string of the molecule is Cn1cncc1CN1CCN(C(=O)c2coc(CNC3CC3)n2)CC1. The summed E-state index contributed by atoms with van der Waals surface area (Å²) < 4.78 is 7.45. The quantitative estimate of drug-likeness (QED) is 0.827. The van der Waals surface area contributed by atoms with E-state index < -0.39 is 0 Å². The van der Waals surface area contributed by atoms with Crippen molar-refractivity contribution >= 4 is 5.91 Å². The van der Waals surface area contributed by atoms with E-state index in [0.717, 1.165) is 19.6 Å². The fourth-order valence-corrected chi connectivity index (χ4v) is 3.05. The molecule has 8 nitrogen and oxygen atoms in total. The molecule has 2 aromatic heterocycles. The monoisotopic (exact) mass is 344 g/mol. The molecule has 4 rings (SSSR count). The number of hydrogen-bond acceptors (Lipinski definition) is 6. The maximum Gasteiger partial charge on any atom is 0.275 e. The Balaban J connectivity index is 1.28. The van der Waals surface area contributed by atoms with Crippen molar-refractivity contribution in [2.24, 2.45) is 7.05 Å². The number of nitrogens with zero attached hydrogens (tertiary/aromatic N) is 5. The normalized spacial score (nSPS) is 18.7. The number of aromatic nitrogens is 3. The molecule has 0 unspecified atom stereocenters. The Morgan fingerprint density at radius 3 is 2.80 bits per heavy atom. The zero-order chi connectivity index (χ0) is 17.2. The highest BCUT2D eigenvalue weighted by atomic mass is 16.3. The summed E-state index contributed by atoms with van der Waals surface area (Å²) in [6, 6.07) is 0.596. The highest BCUT2D eigenvalue weighted by Gasteiger charge is 2.25. The molecule has 1 aliphatic carbocycles. The van der Waals surface area contributed by atoms with E-state index in [1.165, 1.54) is 24.8 Å². The van der Waals surface area contributed by atoms with E-state index in [9.17, 15) is 4.79 Å². The zero-order valence-corrected chi connectivity index (χ0v) is 14.5. The van der Waals surface area contributed by atoms with Gasteiger partial charge in [0.2, 0.25) is 5.89 Å². The first-order chi connectivity index (χ1) is 12.2. The third-order valence-corrected chi connectivity index (χ3v) is 4.85. The molecule has 1 amide bonds. The smallest absolute Gasteiger partial charge is 0.275 e. The van der Waals surface area contributed by atoms with Gasteiger partial charge in [0, 0.05) is 52.0 Å². The first-order valence-corrected chi connectivity index (χ1v) is 8.83. The number of nitrogens with one attached hydrogen (secondary N) is 1. The molecule has 0 radical (unpaired) electrons. The predicted octanol–water partition coefficient (Wildman–Crippen LogP) is 0.618. The van der Waals surface area contributed by atoms with Crippen molar-refractivity contribution in [3.05, 3.63) is 36.1 Å². The van der Waals surface area contributed by atoms with Crippen molar-refractivity contribution in [3.8, 4) is 0 Å². The summed E-state index contributed by atoms with van der Waals surface area (Å²) in [5.41, 5.74) is 1.59. The minimum absolute atomic E-state index is 0.0402. The summed E-state index contributed by atoms with van der Waals surface area (Å²) >= 11 is 0. The lowest BCUT2D eigenvalue weighted by atomic mass is 10.2. The van der Waals surface area contributed by atoms with Crippen LogP contribution in [0, 0.1) is 0 Å². The van der Waals surface area contributed by atoms with Crippen molar-refractivity contribution in [1.82, 2.24) is 29.7 Å². The van der Waals surface area contributed by atoms with Crippen LogP contribution in [0.4, 0.5) is 0 Å². The molecule has 0 atom stereocenters. The highest BCUT2D eigenvalue weighted by Crippen LogP contribution is 2.19. The van der Waals surface area contributed by atoms with E-state index in [-0.39, 0.29) is 5.91 Å². The first-order valence-electron chi connectivity index (χ1n) is 8.83. The van der Waals surface area contributed by atoms with Crippen LogP contribution in [0.15, 0.2) is 23.2 Å². The molecule has 1 aliphatic heterocycles. The number of aryl methyl sites for hydroxylation is 1. The first kappa shape index (κ1) is 16.3. The Morgan fingerprint density at radius 1 is 1.32 bits per heavy atom. The van der Waals surface area contributed by atoms with Gasteiger partial charge < -0.3 is 19.2 Å². The van der Waals surface area contributed by atoms with Crippen molar-refractivity contribution in [1.29, 1.82) is 0 Å². The van der Waals surface area contributed by atoms with Crippen LogP contribution in [-0.2, 0) is 20.1 Å². The molecule has 1 saturated heterocycles. The zero-order valence-electron chi connectivity index (χ0n) is 14.5. The summed E-state index contributed by atoms with van der Waals surface area (Å²) in [5.74, 6) is 0.548. The number of carbonyl (C=O) groups excluding carboxylic acids is 1. The Morgan fingerprint density at radius 2 is 2.12 bits per heavy atom. The number of carbonyl (C=O) groups is 1. The molecule has 2 fully saturated rings. The number of imidazole rings is 1. The lowest BCUT2D eigenvalue weighted by Crippen LogP contribution is -2.48. The fraction of sp³-hybridized carbons (Fsp3) is 0.588. The van der Waals surface area contributed by atoms with E-state index in [4.69, 9.17) is 4.42 Å². The fourth-order valence-electron chi connectivity index (χ4n) is 3.05. The average Bonchev–Trinajstić information content (AvgIpc) is 3.19. The van der Waals surface area contributed by atoms with Gasteiger partial charge in [-0.05, 0) is 12.8 Å². The molecule has 0 aromatic carbocycles. The lowest BCUT2D eigenvalue weighted by molar-refractivity contribution is 0.0620. The molecule has 25 heavy (non-hydrogen) atoms. The molecule has 3 heterocycles. The summed E-state index contributed by atoms with van der Waals surface area (Å²) in [7, 11) is 2.00. The van der Waals surface area contributed by atoms with Gasteiger partial charge in [-0.15, -0.1) is 0 Å². The maximum absolute atomic E-state index is 12.6. The van der Waals surface area contributed by atoms with Crippen LogP contribution in [0.2, 0.25) is 0 Å². The molecular weight excluding hydrogens is 320 g/mol. The Labute approximate surface area is 146 Å². The number of rotatable bonds is 6. The van der Waals surface area contributed by atoms with Crippen LogP contribution in [0.3, 0.4) is 0 Å². The summed E-state index contributed by atoms with van der Waals surface area (Å²) in [4.78, 5) is 25.3. The van der Waals surface area contributed by atoms with E-state index in [2.05, 4.69) is 20.2 Å². The van der Waals surface area contributed by atoms with Crippen LogP contribution in [0.25, 0.3) is 0 Å². The predicted molar refractivity (Wildman–Crippen MR) is 90.8 cm³/mol. The van der Waals surface area contributed by atoms with Gasteiger partial charge in [0.1, 0.15) is 6.26 Å². The molecule has 0 bridgehead atoms. The molecule has 134 valence electrons. The van der Waals surface area contributed by atoms with E-state index in [0.29, 0.717) is 37.3 Å². The number of oxazole rings is 1.